The van der Waals surface area contributed by atoms with Crippen molar-refractivity contribution in [2.45, 2.75) is 44.8 Å². The summed E-state index contributed by atoms with van der Waals surface area (Å²) in [4.78, 5) is 0. The molecule has 0 rings (SSSR count). The molecule has 0 aliphatic carbocycles. The van der Waals surface area contributed by atoms with Gasteiger partial charge < -0.3 is 0 Å². The molecule has 0 atom stereocenters. The van der Waals surface area contributed by atoms with Crippen molar-refractivity contribution < 1.29 is 27.7 Å². The standard InChI is InChI=1S/3C3H7O.C2H6N.Ti/c3*1-2-3-4;1-2-3;/h3*2-3H2,1H3;1-3H2;/q3*-1;;+3. The number of rotatable bonds is 11. The van der Waals surface area contributed by atoms with Gasteiger partial charge in [-0.1, -0.05) is 0 Å². The predicted molar refractivity (Wildman–Crippen MR) is 62.6 cm³/mol. The fourth-order valence-electron chi connectivity index (χ4n) is 1.29. The van der Waals surface area contributed by atoms with Gasteiger partial charge in [-0.3, -0.25) is 0 Å². The molecule has 0 radical (unpaired) electrons. The monoisotopic (exact) mass is 269 g/mol. The molecule has 0 heterocycles. The summed E-state index contributed by atoms with van der Waals surface area (Å²) >= 11 is -3.03. The summed E-state index contributed by atoms with van der Waals surface area (Å²) in [6, 6.07) is 0. The van der Waals surface area contributed by atoms with Crippen molar-refractivity contribution in [2.75, 3.05) is 26.4 Å². The first-order valence-corrected chi connectivity index (χ1v) is 9.38. The summed E-state index contributed by atoms with van der Waals surface area (Å²) in [5, 5.41) is 0. The van der Waals surface area contributed by atoms with Crippen LogP contribution in [0.4, 0.5) is 0 Å². The van der Waals surface area contributed by atoms with E-state index in [2.05, 4.69) is 20.8 Å². The van der Waals surface area contributed by atoms with Crippen LogP contribution in [0.1, 0.15) is 40.0 Å². The van der Waals surface area contributed by atoms with Gasteiger partial charge in [0, 0.05) is 0 Å². The summed E-state index contributed by atoms with van der Waals surface area (Å²) < 4.78 is 18.4. The quantitative estimate of drug-likeness (QED) is 0.586. The molecule has 98 valence electrons. The van der Waals surface area contributed by atoms with Crippen molar-refractivity contribution in [1.82, 2.24) is 0 Å². The third-order valence-corrected chi connectivity index (χ3v) is 6.45. The van der Waals surface area contributed by atoms with E-state index in [1.54, 1.807) is 0 Å². The summed E-state index contributed by atoms with van der Waals surface area (Å²) in [6.45, 7) is 9.00. The van der Waals surface area contributed by atoms with Crippen LogP contribution in [0.25, 0.3) is 0 Å². The summed E-state index contributed by atoms with van der Waals surface area (Å²) in [6.07, 6.45) is 2.97. The second kappa shape index (κ2) is 10.7. The van der Waals surface area contributed by atoms with Crippen molar-refractivity contribution in [1.29, 1.82) is 0 Å². The van der Waals surface area contributed by atoms with Crippen molar-refractivity contribution in [3.63, 3.8) is 0 Å². The first-order valence-electron chi connectivity index (χ1n) is 6.36. The molecule has 0 saturated carbocycles. The Hall–Kier alpha value is 0.554. The van der Waals surface area contributed by atoms with Crippen LogP contribution in [0.2, 0.25) is 4.73 Å². The SMILES string of the molecule is CCC[O][Ti]([CH2]CN)([O]CCC)[O]CCC. The summed E-state index contributed by atoms with van der Waals surface area (Å²) in [7, 11) is 0. The average molecular weight is 269 g/mol. The van der Waals surface area contributed by atoms with Gasteiger partial charge in [0.05, 0.1) is 0 Å². The van der Waals surface area contributed by atoms with Crippen molar-refractivity contribution in [3.8, 4) is 0 Å². The third kappa shape index (κ3) is 6.99. The molecule has 0 bridgehead atoms. The third-order valence-electron chi connectivity index (χ3n) is 2.03. The van der Waals surface area contributed by atoms with E-state index in [0.29, 0.717) is 26.4 Å². The van der Waals surface area contributed by atoms with Crippen molar-refractivity contribution in [3.05, 3.63) is 0 Å². The fourth-order valence-corrected chi connectivity index (χ4v) is 5.32. The van der Waals surface area contributed by atoms with Gasteiger partial charge in [0.2, 0.25) is 0 Å². The molecule has 0 spiro atoms. The van der Waals surface area contributed by atoms with E-state index in [1.165, 1.54) is 0 Å². The Morgan fingerprint density at radius 3 is 1.44 bits per heavy atom. The molecule has 0 aromatic carbocycles. The van der Waals surface area contributed by atoms with Gasteiger partial charge >= 0.3 is 105 Å². The first-order chi connectivity index (χ1) is 7.74. The van der Waals surface area contributed by atoms with Crippen LogP contribution in [0.15, 0.2) is 0 Å². The molecule has 16 heavy (non-hydrogen) atoms. The van der Waals surface area contributed by atoms with Crippen LogP contribution >= 0.6 is 0 Å². The molecule has 4 nitrogen and oxygen atoms in total. The maximum atomic E-state index is 5.89. The molecule has 0 saturated heterocycles. The van der Waals surface area contributed by atoms with E-state index in [9.17, 15) is 0 Å². The molecule has 0 aromatic rings. The van der Waals surface area contributed by atoms with Gasteiger partial charge in [0.15, 0.2) is 0 Å². The van der Waals surface area contributed by atoms with Crippen LogP contribution < -0.4 is 5.73 Å². The summed E-state index contributed by atoms with van der Waals surface area (Å²) in [5.41, 5.74) is 5.64. The van der Waals surface area contributed by atoms with E-state index >= 15 is 0 Å². The number of nitrogens with two attached hydrogens (primary N) is 1. The second-order valence-electron chi connectivity index (χ2n) is 3.77. The molecule has 0 unspecified atom stereocenters. The van der Waals surface area contributed by atoms with Crippen LogP contribution in [0.3, 0.4) is 0 Å². The Labute approximate surface area is 105 Å². The van der Waals surface area contributed by atoms with Gasteiger partial charge in [-0.2, -0.15) is 0 Å². The van der Waals surface area contributed by atoms with E-state index in [-0.39, 0.29) is 0 Å². The van der Waals surface area contributed by atoms with Crippen LogP contribution in [-0.2, 0) is 27.7 Å². The van der Waals surface area contributed by atoms with Crippen LogP contribution in [-0.4, -0.2) is 26.4 Å². The zero-order chi connectivity index (χ0) is 12.3. The minimum absolute atomic E-state index is 0.580. The maximum absolute atomic E-state index is 5.89. The minimum atomic E-state index is -3.03. The molecule has 0 fully saturated rings. The molecule has 0 aliphatic rings. The van der Waals surface area contributed by atoms with Gasteiger partial charge in [-0.15, -0.1) is 0 Å². The van der Waals surface area contributed by atoms with Crippen molar-refractivity contribution >= 4 is 0 Å². The van der Waals surface area contributed by atoms with Gasteiger partial charge in [0.1, 0.15) is 0 Å². The molecule has 5 heteroatoms. The van der Waals surface area contributed by atoms with Gasteiger partial charge in [-0.05, 0) is 0 Å². The van der Waals surface area contributed by atoms with Gasteiger partial charge in [-0.25, -0.2) is 0 Å². The Morgan fingerprint density at radius 1 is 0.812 bits per heavy atom. The molecular weight excluding hydrogens is 242 g/mol. The predicted octanol–water partition coefficient (Wildman–Crippen LogP) is 2.54. The van der Waals surface area contributed by atoms with E-state index in [0.717, 1.165) is 24.0 Å². The average Bonchev–Trinajstić information content (AvgIpc) is 2.31. The second-order valence-corrected chi connectivity index (χ2v) is 8.03. The summed E-state index contributed by atoms with van der Waals surface area (Å²) in [5.74, 6) is 0. The van der Waals surface area contributed by atoms with E-state index in [1.807, 2.05) is 0 Å². The Kier molecular flexibility index (Phi) is 11.1. The van der Waals surface area contributed by atoms with Crippen LogP contribution in [0, 0.1) is 0 Å². The molecule has 2 N–H and O–H groups in total. The van der Waals surface area contributed by atoms with Crippen LogP contribution in [0.5, 0.6) is 0 Å². The van der Waals surface area contributed by atoms with Crippen molar-refractivity contribution in [2.24, 2.45) is 5.73 Å². The number of hydrogen-bond acceptors (Lipinski definition) is 4. The Morgan fingerprint density at radius 2 is 1.19 bits per heavy atom. The van der Waals surface area contributed by atoms with Gasteiger partial charge in [0.25, 0.3) is 0 Å². The fraction of sp³-hybridized carbons (Fsp3) is 1.00. The molecular formula is C11H27NO3Ti. The zero-order valence-corrected chi connectivity index (χ0v) is 12.5. The van der Waals surface area contributed by atoms with E-state index in [4.69, 9.17) is 15.7 Å². The first kappa shape index (κ1) is 16.6. The normalized spacial score (nSPS) is 12.0. The number of hydrogen-bond donors (Lipinski definition) is 1. The zero-order valence-electron chi connectivity index (χ0n) is 11.0. The Balaban J connectivity index is 4.32. The Bertz CT molecular complexity index is 136. The topological polar surface area (TPSA) is 53.7 Å². The molecule has 0 amide bonds. The van der Waals surface area contributed by atoms with E-state index < -0.39 is 17.8 Å². The molecule has 0 aliphatic heterocycles. The molecule has 0 aromatic heterocycles.